The molecule has 2 unspecified atom stereocenters. The Kier molecular flexibility index (Phi) is 9.01. The van der Waals surface area contributed by atoms with Gasteiger partial charge >= 0.3 is 13.7 Å². The van der Waals surface area contributed by atoms with E-state index in [4.69, 9.17) is 43.0 Å². The number of ether oxygens (including phenoxy) is 2. The van der Waals surface area contributed by atoms with Crippen molar-refractivity contribution in [2.45, 2.75) is 64.3 Å². The number of H-pyrrole nitrogens is 1. The number of para-hydroxylation sites is 1. The molecule has 13 heteroatoms. The number of carbonyl (C=O) groups excluding carboxylic acids is 1. The number of hydrogen-bond acceptors (Lipinski definition) is 8. The molecule has 1 aliphatic heterocycles. The summed E-state index contributed by atoms with van der Waals surface area (Å²) in [6, 6.07) is 8.94. The number of nitrogens with one attached hydrogen (secondary N) is 2. The summed E-state index contributed by atoms with van der Waals surface area (Å²) in [5.74, 6) is -0.357. The summed E-state index contributed by atoms with van der Waals surface area (Å²) < 4.78 is 53.4. The molecule has 2 N–H and O–H groups in total. The van der Waals surface area contributed by atoms with Crippen LogP contribution in [0.2, 0.25) is 0 Å². The maximum Gasteiger partial charge on any atom is 0.459 e. The number of nitrogens with zero attached hydrogens (tertiary/aromatic N) is 1. The van der Waals surface area contributed by atoms with Gasteiger partial charge in [-0.3, -0.25) is 13.9 Å². The Bertz CT molecular complexity index is 1190. The van der Waals surface area contributed by atoms with Crippen molar-refractivity contribution in [3.05, 3.63) is 52.0 Å². The Balaban J connectivity index is 1.75. The van der Waals surface area contributed by atoms with Crippen molar-refractivity contribution in [3.8, 4) is 5.75 Å². The molecule has 5 atom stereocenters. The van der Waals surface area contributed by atoms with Crippen molar-refractivity contribution in [1.82, 2.24) is 14.6 Å². The van der Waals surface area contributed by atoms with Crippen molar-refractivity contribution < 1.29 is 32.3 Å². The zero-order valence-electron chi connectivity index (χ0n) is 19.8. The second kappa shape index (κ2) is 11.4. The van der Waals surface area contributed by atoms with Crippen molar-refractivity contribution in [2.24, 2.45) is 0 Å². The van der Waals surface area contributed by atoms with Gasteiger partial charge in [0.25, 0.3) is 0 Å². The van der Waals surface area contributed by atoms with Crippen LogP contribution >= 0.6 is 32.2 Å². The number of halogens is 1. The Morgan fingerprint density at radius 2 is 2.00 bits per heavy atom. The van der Waals surface area contributed by atoms with Gasteiger partial charge in [-0.2, -0.15) is 5.09 Å². The fourth-order valence-corrected chi connectivity index (χ4v) is 5.51. The van der Waals surface area contributed by atoms with Crippen LogP contribution in [0.5, 0.6) is 5.75 Å². The van der Waals surface area contributed by atoms with E-state index >= 15 is 4.39 Å². The highest BCUT2D eigenvalue weighted by Crippen LogP contribution is 2.47. The quantitative estimate of drug-likeness (QED) is 0.230. The van der Waals surface area contributed by atoms with E-state index in [0.29, 0.717) is 4.64 Å². The van der Waals surface area contributed by atoms with Gasteiger partial charge in [-0.15, -0.1) is 0 Å². The van der Waals surface area contributed by atoms with Gasteiger partial charge in [-0.25, -0.2) is 8.96 Å². The minimum atomic E-state index is -4.10. The second-order valence-electron chi connectivity index (χ2n) is 8.64. The number of rotatable bonds is 10. The van der Waals surface area contributed by atoms with E-state index < -0.39 is 37.8 Å². The number of alkyl halides is 1. The predicted molar refractivity (Wildman–Crippen MR) is 133 cm³/mol. The molecule has 0 spiro atoms. The molecule has 9 nitrogen and oxygen atoms in total. The van der Waals surface area contributed by atoms with Gasteiger partial charge in [0.05, 0.1) is 18.8 Å². The molecule has 0 amide bonds. The van der Waals surface area contributed by atoms with E-state index in [1.165, 1.54) is 18.4 Å². The summed E-state index contributed by atoms with van der Waals surface area (Å²) in [4.78, 5) is 15.1. The first kappa shape index (κ1) is 27.6. The smallest absolute Gasteiger partial charge is 0.459 e. The molecule has 2 heterocycles. The Hall–Kier alpha value is -1.95. The maximum atomic E-state index is 15.4. The van der Waals surface area contributed by atoms with Crippen LogP contribution in [-0.2, 0) is 23.4 Å². The standard InChI is InChI=1S/C22H29FN3O6PS2/c1-14(2)30-19(27)15(3)25-33(28,32-16-8-6-5-7-9-16)29-13-17-12-22(4,23)20(31-17)26-11-10-18(34)24-21(26)35/h5-11,14-15,17,20H,12-13H2,1-4H3,(H,25,28)(H,24,34,35)/t15-,17-,20+,22?,33?/m0/s1. The highest BCUT2D eigenvalue weighted by Gasteiger charge is 2.48. The van der Waals surface area contributed by atoms with Crippen LogP contribution in [0.3, 0.4) is 0 Å². The average Bonchev–Trinajstić information content (AvgIpc) is 3.06. The maximum absolute atomic E-state index is 15.4. The molecular weight excluding hydrogens is 516 g/mol. The fourth-order valence-electron chi connectivity index (χ4n) is 3.50. The summed E-state index contributed by atoms with van der Waals surface area (Å²) >= 11 is 10.3. The van der Waals surface area contributed by atoms with Crippen LogP contribution in [0.25, 0.3) is 0 Å². The van der Waals surface area contributed by atoms with Gasteiger partial charge < -0.3 is 19.0 Å². The molecule has 0 bridgehead atoms. The van der Waals surface area contributed by atoms with Gasteiger partial charge in [0.15, 0.2) is 16.7 Å². The first-order chi connectivity index (χ1) is 16.4. The molecule has 1 saturated heterocycles. The molecule has 2 aromatic rings. The molecular formula is C22H29FN3O6PS2. The van der Waals surface area contributed by atoms with Gasteiger partial charge in [0.1, 0.15) is 16.4 Å². The molecule has 1 aliphatic rings. The van der Waals surface area contributed by atoms with Gasteiger partial charge in [-0.05, 0) is 58.1 Å². The van der Waals surface area contributed by atoms with Gasteiger partial charge in [-0.1, -0.05) is 30.4 Å². The molecule has 1 fully saturated rings. The Morgan fingerprint density at radius 3 is 2.63 bits per heavy atom. The highest BCUT2D eigenvalue weighted by atomic mass is 32.1. The molecule has 1 aromatic carbocycles. The van der Waals surface area contributed by atoms with Crippen LogP contribution in [0, 0.1) is 9.41 Å². The number of aromatic amines is 1. The number of esters is 1. The van der Waals surface area contributed by atoms with Crippen molar-refractivity contribution in [3.63, 3.8) is 0 Å². The molecule has 192 valence electrons. The zero-order valence-corrected chi connectivity index (χ0v) is 22.3. The number of benzene rings is 1. The highest BCUT2D eigenvalue weighted by molar-refractivity contribution is 7.72. The Morgan fingerprint density at radius 1 is 1.31 bits per heavy atom. The minimum Gasteiger partial charge on any atom is -0.462 e. The first-order valence-corrected chi connectivity index (χ1v) is 13.4. The fraction of sp³-hybridized carbons (Fsp3) is 0.500. The predicted octanol–water partition coefficient (Wildman–Crippen LogP) is 5.42. The molecule has 3 rings (SSSR count). The number of aromatic nitrogens is 2. The number of carbonyl (C=O) groups is 1. The molecule has 0 saturated carbocycles. The molecule has 1 aromatic heterocycles. The van der Waals surface area contributed by atoms with Gasteiger partial charge in [0, 0.05) is 12.6 Å². The molecule has 0 radical (unpaired) electrons. The lowest BCUT2D eigenvalue weighted by molar-refractivity contribution is -0.149. The van der Waals surface area contributed by atoms with E-state index in [2.05, 4.69) is 10.1 Å². The van der Waals surface area contributed by atoms with Crippen LogP contribution < -0.4 is 9.61 Å². The normalized spacial score (nSPS) is 24.6. The van der Waals surface area contributed by atoms with E-state index in [-0.39, 0.29) is 29.7 Å². The number of hydrogen-bond donors (Lipinski definition) is 2. The first-order valence-electron chi connectivity index (χ1n) is 11.0. The summed E-state index contributed by atoms with van der Waals surface area (Å²) in [5, 5.41) is 2.60. The van der Waals surface area contributed by atoms with Crippen LogP contribution in [0.1, 0.15) is 40.3 Å². The zero-order chi connectivity index (χ0) is 25.8. The summed E-state index contributed by atoms with van der Waals surface area (Å²) in [7, 11) is -4.10. The SMILES string of the molecule is CC(C)OC(=O)[C@H](C)NP(=O)(OC[C@@H]1CC(C)(F)[C@H](n2ccc(=S)[nH]c2=S)O1)Oc1ccccc1. The topological polar surface area (TPSA) is 104 Å². The Labute approximate surface area is 213 Å². The minimum absolute atomic E-state index is 0.0502. The third-order valence-electron chi connectivity index (χ3n) is 5.02. The lowest BCUT2D eigenvalue weighted by atomic mass is 10.0. The van der Waals surface area contributed by atoms with Gasteiger partial charge in [0.2, 0.25) is 0 Å². The van der Waals surface area contributed by atoms with E-state index in [1.807, 2.05) is 0 Å². The lowest BCUT2D eigenvalue weighted by Crippen LogP contribution is -2.36. The third kappa shape index (κ3) is 7.52. The monoisotopic (exact) mass is 545 g/mol. The van der Waals surface area contributed by atoms with Crippen molar-refractivity contribution in [2.75, 3.05) is 6.61 Å². The summed E-state index contributed by atoms with van der Waals surface area (Å²) in [5.41, 5.74) is -1.80. The average molecular weight is 546 g/mol. The van der Waals surface area contributed by atoms with Crippen molar-refractivity contribution >= 4 is 38.2 Å². The molecule has 35 heavy (non-hydrogen) atoms. The lowest BCUT2D eigenvalue weighted by Gasteiger charge is -2.24. The summed E-state index contributed by atoms with van der Waals surface area (Å²) in [6.07, 6.45) is -0.664. The van der Waals surface area contributed by atoms with E-state index in [9.17, 15) is 9.36 Å². The molecule has 0 aliphatic carbocycles. The second-order valence-corrected chi connectivity index (χ2v) is 11.2. The largest absolute Gasteiger partial charge is 0.462 e. The third-order valence-corrected chi connectivity index (χ3v) is 7.22. The van der Waals surface area contributed by atoms with Crippen molar-refractivity contribution in [1.29, 1.82) is 0 Å². The van der Waals surface area contributed by atoms with Crippen LogP contribution in [-0.4, -0.2) is 46.0 Å². The summed E-state index contributed by atoms with van der Waals surface area (Å²) in [6.45, 7) is 6.01. The van der Waals surface area contributed by atoms with E-state index in [1.54, 1.807) is 56.4 Å². The van der Waals surface area contributed by atoms with Crippen LogP contribution in [0.4, 0.5) is 4.39 Å². The van der Waals surface area contributed by atoms with E-state index in [0.717, 1.165) is 0 Å². The van der Waals surface area contributed by atoms with Crippen LogP contribution in [0.15, 0.2) is 42.6 Å².